The molecular weight excluding hydrogens is 196 g/mol. The monoisotopic (exact) mass is 218 g/mol. The molecule has 1 rings (SSSR count). The SMILES string of the molecule is COC[C@@H](C)CC/C=C/c1cccc(C)c1. The zero-order valence-electron chi connectivity index (χ0n) is 10.6. The Morgan fingerprint density at radius 2 is 2.19 bits per heavy atom. The van der Waals surface area contributed by atoms with E-state index >= 15 is 0 Å². The molecule has 1 aromatic rings. The summed E-state index contributed by atoms with van der Waals surface area (Å²) < 4.78 is 5.11. The first kappa shape index (κ1) is 13.0. The Kier molecular flexibility index (Phi) is 5.87. The highest BCUT2D eigenvalue weighted by atomic mass is 16.5. The number of aryl methyl sites for hydroxylation is 1. The number of hydrogen-bond donors (Lipinski definition) is 0. The smallest absolute Gasteiger partial charge is 0.0487 e. The number of allylic oxidation sites excluding steroid dienone is 1. The molecule has 16 heavy (non-hydrogen) atoms. The van der Waals surface area contributed by atoms with Crippen LogP contribution in [0, 0.1) is 12.8 Å². The maximum atomic E-state index is 5.11. The van der Waals surface area contributed by atoms with E-state index in [2.05, 4.69) is 50.3 Å². The first-order chi connectivity index (χ1) is 7.72. The van der Waals surface area contributed by atoms with Gasteiger partial charge in [-0.3, -0.25) is 0 Å². The molecule has 0 fully saturated rings. The lowest BCUT2D eigenvalue weighted by Crippen LogP contribution is -2.02. The Labute approximate surface area is 99.1 Å². The van der Waals surface area contributed by atoms with Gasteiger partial charge in [-0.1, -0.05) is 48.9 Å². The van der Waals surface area contributed by atoms with Crippen molar-refractivity contribution in [1.29, 1.82) is 0 Å². The number of benzene rings is 1. The first-order valence-electron chi connectivity index (χ1n) is 5.94. The van der Waals surface area contributed by atoms with Crippen LogP contribution >= 0.6 is 0 Å². The molecular formula is C15H22O. The summed E-state index contributed by atoms with van der Waals surface area (Å²) >= 11 is 0. The summed E-state index contributed by atoms with van der Waals surface area (Å²) in [5.74, 6) is 0.646. The van der Waals surface area contributed by atoms with E-state index in [1.54, 1.807) is 7.11 Å². The second kappa shape index (κ2) is 7.24. The third-order valence-electron chi connectivity index (χ3n) is 2.63. The molecule has 0 radical (unpaired) electrons. The summed E-state index contributed by atoms with van der Waals surface area (Å²) in [5.41, 5.74) is 2.61. The van der Waals surface area contributed by atoms with Crippen LogP contribution < -0.4 is 0 Å². The highest BCUT2D eigenvalue weighted by molar-refractivity contribution is 5.49. The Balaban J connectivity index is 2.32. The Morgan fingerprint density at radius 3 is 2.88 bits per heavy atom. The molecule has 0 aliphatic carbocycles. The molecule has 0 aliphatic heterocycles. The van der Waals surface area contributed by atoms with Crippen LogP contribution in [0.3, 0.4) is 0 Å². The maximum absolute atomic E-state index is 5.11. The molecule has 0 aliphatic rings. The lowest BCUT2D eigenvalue weighted by atomic mass is 10.1. The predicted molar refractivity (Wildman–Crippen MR) is 70.5 cm³/mol. The van der Waals surface area contributed by atoms with Crippen LogP contribution in [0.5, 0.6) is 0 Å². The molecule has 0 N–H and O–H groups in total. The molecule has 0 spiro atoms. The van der Waals surface area contributed by atoms with E-state index in [9.17, 15) is 0 Å². The van der Waals surface area contributed by atoms with Crippen LogP contribution in [0.2, 0.25) is 0 Å². The van der Waals surface area contributed by atoms with Crippen molar-refractivity contribution >= 4 is 6.08 Å². The van der Waals surface area contributed by atoms with Gasteiger partial charge in [0.15, 0.2) is 0 Å². The average Bonchev–Trinajstić information content (AvgIpc) is 2.25. The molecule has 1 nitrogen and oxygen atoms in total. The normalized spacial score (nSPS) is 13.2. The number of ether oxygens (including phenoxy) is 1. The van der Waals surface area contributed by atoms with E-state index in [1.165, 1.54) is 17.5 Å². The maximum Gasteiger partial charge on any atom is 0.0487 e. The molecule has 0 saturated carbocycles. The fraction of sp³-hybridized carbons (Fsp3) is 0.467. The van der Waals surface area contributed by atoms with Gasteiger partial charge in [-0.25, -0.2) is 0 Å². The molecule has 0 saturated heterocycles. The summed E-state index contributed by atoms with van der Waals surface area (Å²) in [7, 11) is 1.76. The molecule has 0 bridgehead atoms. The Morgan fingerprint density at radius 1 is 1.38 bits per heavy atom. The van der Waals surface area contributed by atoms with E-state index < -0.39 is 0 Å². The van der Waals surface area contributed by atoms with Gasteiger partial charge in [-0.05, 0) is 31.2 Å². The van der Waals surface area contributed by atoms with Gasteiger partial charge in [0, 0.05) is 13.7 Å². The van der Waals surface area contributed by atoms with E-state index in [1.807, 2.05) is 0 Å². The van der Waals surface area contributed by atoms with Crippen LogP contribution in [0.25, 0.3) is 6.08 Å². The average molecular weight is 218 g/mol. The van der Waals surface area contributed by atoms with Crippen molar-refractivity contribution in [2.75, 3.05) is 13.7 Å². The number of hydrogen-bond acceptors (Lipinski definition) is 1. The summed E-state index contributed by atoms with van der Waals surface area (Å²) in [5, 5.41) is 0. The molecule has 1 heteroatoms. The highest BCUT2D eigenvalue weighted by Crippen LogP contribution is 2.09. The zero-order valence-corrected chi connectivity index (χ0v) is 10.6. The van der Waals surface area contributed by atoms with Gasteiger partial charge in [0.05, 0.1) is 0 Å². The van der Waals surface area contributed by atoms with Crippen molar-refractivity contribution in [2.24, 2.45) is 5.92 Å². The van der Waals surface area contributed by atoms with Crippen LogP contribution in [-0.2, 0) is 4.74 Å². The van der Waals surface area contributed by atoms with Crippen molar-refractivity contribution in [3.05, 3.63) is 41.5 Å². The van der Waals surface area contributed by atoms with Gasteiger partial charge in [0.1, 0.15) is 0 Å². The van der Waals surface area contributed by atoms with Crippen molar-refractivity contribution < 1.29 is 4.74 Å². The topological polar surface area (TPSA) is 9.23 Å². The van der Waals surface area contributed by atoms with E-state index in [0.29, 0.717) is 5.92 Å². The van der Waals surface area contributed by atoms with Gasteiger partial charge in [-0.2, -0.15) is 0 Å². The standard InChI is InChI=1S/C15H22O/c1-13-8-6-10-15(11-13)9-5-4-7-14(2)12-16-3/h5-6,8-11,14H,4,7,12H2,1-3H3/b9-5+/t14-/m0/s1. The largest absolute Gasteiger partial charge is 0.384 e. The van der Waals surface area contributed by atoms with E-state index in [4.69, 9.17) is 4.74 Å². The van der Waals surface area contributed by atoms with E-state index in [-0.39, 0.29) is 0 Å². The molecule has 1 aromatic carbocycles. The third-order valence-corrected chi connectivity index (χ3v) is 2.63. The fourth-order valence-electron chi connectivity index (χ4n) is 1.74. The summed E-state index contributed by atoms with van der Waals surface area (Å²) in [6.07, 6.45) is 6.77. The zero-order chi connectivity index (χ0) is 11.8. The van der Waals surface area contributed by atoms with E-state index in [0.717, 1.165) is 13.0 Å². The molecule has 0 aromatic heterocycles. The minimum Gasteiger partial charge on any atom is -0.384 e. The number of methoxy groups -OCH3 is 1. The molecule has 88 valence electrons. The molecule has 0 unspecified atom stereocenters. The lowest BCUT2D eigenvalue weighted by molar-refractivity contribution is 0.156. The second-order valence-electron chi connectivity index (χ2n) is 4.45. The van der Waals surface area contributed by atoms with Gasteiger partial charge in [0.2, 0.25) is 0 Å². The second-order valence-corrected chi connectivity index (χ2v) is 4.45. The summed E-state index contributed by atoms with van der Waals surface area (Å²) in [4.78, 5) is 0. The quantitative estimate of drug-likeness (QED) is 0.699. The molecule has 0 heterocycles. The fourth-order valence-corrected chi connectivity index (χ4v) is 1.74. The van der Waals surface area contributed by atoms with Crippen molar-refractivity contribution in [3.63, 3.8) is 0 Å². The summed E-state index contributed by atoms with van der Waals surface area (Å²) in [6.45, 7) is 5.21. The summed E-state index contributed by atoms with van der Waals surface area (Å²) in [6, 6.07) is 8.57. The highest BCUT2D eigenvalue weighted by Gasteiger charge is 1.98. The van der Waals surface area contributed by atoms with Crippen LogP contribution in [0.1, 0.15) is 30.9 Å². The molecule has 0 amide bonds. The Hall–Kier alpha value is -1.08. The predicted octanol–water partition coefficient (Wildman–Crippen LogP) is 4.07. The number of rotatable bonds is 6. The third kappa shape index (κ3) is 5.13. The van der Waals surface area contributed by atoms with Crippen LogP contribution in [0.15, 0.2) is 30.3 Å². The van der Waals surface area contributed by atoms with Gasteiger partial charge >= 0.3 is 0 Å². The van der Waals surface area contributed by atoms with Crippen molar-refractivity contribution in [2.45, 2.75) is 26.7 Å². The van der Waals surface area contributed by atoms with Gasteiger partial charge in [-0.15, -0.1) is 0 Å². The van der Waals surface area contributed by atoms with Crippen LogP contribution in [0.4, 0.5) is 0 Å². The minimum atomic E-state index is 0.646. The van der Waals surface area contributed by atoms with Crippen molar-refractivity contribution in [3.8, 4) is 0 Å². The van der Waals surface area contributed by atoms with Gasteiger partial charge < -0.3 is 4.74 Å². The molecule has 1 atom stereocenters. The first-order valence-corrected chi connectivity index (χ1v) is 5.94. The van der Waals surface area contributed by atoms with Crippen LogP contribution in [-0.4, -0.2) is 13.7 Å². The van der Waals surface area contributed by atoms with Gasteiger partial charge in [0.25, 0.3) is 0 Å². The Bertz CT molecular complexity index is 328. The van der Waals surface area contributed by atoms with Crippen molar-refractivity contribution in [1.82, 2.24) is 0 Å². The lowest BCUT2D eigenvalue weighted by Gasteiger charge is -2.07. The minimum absolute atomic E-state index is 0.646.